The van der Waals surface area contributed by atoms with Gasteiger partial charge in [-0.2, -0.15) is 0 Å². The van der Waals surface area contributed by atoms with Crippen LogP contribution in [0.4, 0.5) is 14.9 Å². The molecule has 0 N–H and O–H groups in total. The number of hydrogen-bond donors (Lipinski definition) is 0. The third-order valence-electron chi connectivity index (χ3n) is 6.72. The Bertz CT molecular complexity index is 844. The number of rotatable bonds is 5. The van der Waals surface area contributed by atoms with Gasteiger partial charge in [-0.3, -0.25) is 14.6 Å². The fourth-order valence-electron chi connectivity index (χ4n) is 3.83. The fourth-order valence-corrected chi connectivity index (χ4v) is 5.21. The summed E-state index contributed by atoms with van der Waals surface area (Å²) in [7, 11) is -0.337. The third kappa shape index (κ3) is 4.78. The number of benzene rings is 1. The van der Waals surface area contributed by atoms with E-state index in [1.807, 2.05) is 0 Å². The lowest BCUT2D eigenvalue weighted by Gasteiger charge is -2.39. The van der Waals surface area contributed by atoms with Gasteiger partial charge in [0.25, 0.3) is 0 Å². The number of cyclic esters (lactones) is 1. The molecule has 1 aromatic carbocycles. The van der Waals surface area contributed by atoms with E-state index < -0.39 is 32.6 Å². The largest absolute Gasteiger partial charge is 0.421 e. The molecule has 7 nitrogen and oxygen atoms in total. The van der Waals surface area contributed by atoms with Gasteiger partial charge in [0.05, 0.1) is 11.8 Å². The van der Waals surface area contributed by atoms with Gasteiger partial charge in [0.2, 0.25) is 12.1 Å². The maximum Gasteiger partial charge on any atom is 0.417 e. The van der Waals surface area contributed by atoms with Crippen LogP contribution in [0.25, 0.3) is 0 Å². The summed E-state index contributed by atoms with van der Waals surface area (Å²) in [5, 5.41) is 0.0951. The highest BCUT2D eigenvalue weighted by Crippen LogP contribution is 2.39. The first-order valence-electron chi connectivity index (χ1n) is 10.7. The van der Waals surface area contributed by atoms with E-state index in [1.54, 1.807) is 19.2 Å². The smallest absolute Gasteiger partial charge is 0.417 e. The first-order chi connectivity index (χ1) is 14.3. The molecule has 0 spiro atoms. The van der Waals surface area contributed by atoms with Gasteiger partial charge >= 0.3 is 6.09 Å². The van der Waals surface area contributed by atoms with Gasteiger partial charge in [0.15, 0.2) is 14.5 Å². The van der Waals surface area contributed by atoms with E-state index in [1.165, 1.54) is 28.9 Å². The van der Waals surface area contributed by atoms with Gasteiger partial charge in [0, 0.05) is 27.1 Å². The average Bonchev–Trinajstić information content (AvgIpc) is 3.23. The Morgan fingerprint density at radius 1 is 1.32 bits per heavy atom. The molecule has 2 fully saturated rings. The van der Waals surface area contributed by atoms with Crippen LogP contribution in [0, 0.1) is 5.82 Å². The Morgan fingerprint density at radius 2 is 2.00 bits per heavy atom. The van der Waals surface area contributed by atoms with E-state index in [9.17, 15) is 14.0 Å². The second-order valence-electron chi connectivity index (χ2n) is 9.95. The van der Waals surface area contributed by atoms with Gasteiger partial charge in [-0.1, -0.05) is 26.8 Å². The summed E-state index contributed by atoms with van der Waals surface area (Å²) < 4.78 is 26.1. The van der Waals surface area contributed by atoms with Crippen molar-refractivity contribution < 1.29 is 23.1 Å². The normalized spacial score (nSPS) is 25.1. The highest BCUT2D eigenvalue weighted by molar-refractivity contribution is 6.74. The summed E-state index contributed by atoms with van der Waals surface area (Å²) in [5.74, 6) is -0.648. The SMILES string of the molecule is CC(=O)N(C)C1OC(=O)N(c2cccc(F)c2)C1N1CCC(O[Si](C)(C)C(C)(C)C)C1. The summed E-state index contributed by atoms with van der Waals surface area (Å²) in [5.41, 5.74) is 0.406. The molecule has 0 radical (unpaired) electrons. The summed E-state index contributed by atoms with van der Waals surface area (Å²) in [6.07, 6.45) is -1.09. The molecule has 2 amide bonds. The van der Waals surface area contributed by atoms with Gasteiger partial charge in [-0.15, -0.1) is 0 Å². The zero-order chi connectivity index (χ0) is 23.1. The molecule has 2 saturated heterocycles. The van der Waals surface area contributed by atoms with Crippen LogP contribution in [-0.2, 0) is 14.0 Å². The molecule has 3 unspecified atom stereocenters. The van der Waals surface area contributed by atoms with Crippen LogP contribution in [0.3, 0.4) is 0 Å². The predicted molar refractivity (Wildman–Crippen MR) is 120 cm³/mol. The number of amides is 2. The Morgan fingerprint density at radius 3 is 2.58 bits per heavy atom. The molecule has 31 heavy (non-hydrogen) atoms. The van der Waals surface area contributed by atoms with Crippen molar-refractivity contribution in [1.82, 2.24) is 9.80 Å². The molecule has 0 bridgehead atoms. The van der Waals surface area contributed by atoms with Crippen molar-refractivity contribution in [3.63, 3.8) is 0 Å². The van der Waals surface area contributed by atoms with Gasteiger partial charge in [-0.05, 0) is 42.8 Å². The molecule has 3 rings (SSSR count). The number of carbonyl (C=O) groups excluding carboxylic acids is 2. The number of hydrogen-bond acceptors (Lipinski definition) is 5. The van der Waals surface area contributed by atoms with Crippen molar-refractivity contribution in [2.24, 2.45) is 0 Å². The molecule has 2 aliphatic rings. The Labute approximate surface area is 185 Å². The minimum Gasteiger partial charge on any atom is -0.421 e. The molecule has 3 atom stereocenters. The molecular weight excluding hydrogens is 417 g/mol. The maximum atomic E-state index is 13.9. The molecule has 9 heteroatoms. The standard InChI is InChI=1S/C22H34FN3O4Si/c1-15(27)24(5)20-19(26(21(28)29-20)17-10-8-9-16(23)13-17)25-12-11-18(14-25)30-31(6,7)22(2,3)4/h8-10,13,18-20H,11-12,14H2,1-7H3. The predicted octanol–water partition coefficient (Wildman–Crippen LogP) is 4.01. The second kappa shape index (κ2) is 8.52. The number of ether oxygens (including phenoxy) is 1. The lowest BCUT2D eigenvalue weighted by molar-refractivity contribution is -0.137. The number of likely N-dealkylation sites (tertiary alicyclic amines) is 1. The molecule has 172 valence electrons. The van der Waals surface area contributed by atoms with Crippen molar-refractivity contribution in [2.75, 3.05) is 25.0 Å². The number of likely N-dealkylation sites (N-methyl/N-ethyl adjacent to an activating group) is 1. The van der Waals surface area contributed by atoms with E-state index in [4.69, 9.17) is 9.16 Å². The third-order valence-corrected chi connectivity index (χ3v) is 11.3. The Balaban J connectivity index is 1.88. The number of nitrogens with zero attached hydrogens (tertiary/aromatic N) is 3. The van der Waals surface area contributed by atoms with E-state index in [-0.39, 0.29) is 17.0 Å². The molecule has 1 aromatic rings. The molecule has 0 saturated carbocycles. The summed E-state index contributed by atoms with van der Waals surface area (Å²) in [6.45, 7) is 13.8. The van der Waals surface area contributed by atoms with E-state index in [0.29, 0.717) is 18.8 Å². The molecule has 2 heterocycles. The van der Waals surface area contributed by atoms with Crippen LogP contribution in [0.1, 0.15) is 34.1 Å². The lowest BCUT2D eigenvalue weighted by atomic mass is 10.2. The van der Waals surface area contributed by atoms with Gasteiger partial charge in [0.1, 0.15) is 5.82 Å². The quantitative estimate of drug-likeness (QED) is 0.633. The highest BCUT2D eigenvalue weighted by Gasteiger charge is 2.51. The van der Waals surface area contributed by atoms with E-state index in [0.717, 1.165) is 6.42 Å². The number of halogens is 1. The monoisotopic (exact) mass is 451 g/mol. The average molecular weight is 452 g/mol. The summed E-state index contributed by atoms with van der Waals surface area (Å²) >= 11 is 0. The summed E-state index contributed by atoms with van der Waals surface area (Å²) in [4.78, 5) is 29.9. The lowest BCUT2D eigenvalue weighted by Crippen LogP contribution is -2.55. The first-order valence-corrected chi connectivity index (χ1v) is 13.6. The molecular formula is C22H34FN3O4Si. The van der Waals surface area contributed by atoms with E-state index >= 15 is 0 Å². The fraction of sp³-hybridized carbons (Fsp3) is 0.636. The van der Waals surface area contributed by atoms with Crippen molar-refractivity contribution in [3.8, 4) is 0 Å². The maximum absolute atomic E-state index is 13.9. The van der Waals surface area contributed by atoms with Crippen LogP contribution in [0.5, 0.6) is 0 Å². The van der Waals surface area contributed by atoms with Crippen LogP contribution in [-0.4, -0.2) is 68.8 Å². The Kier molecular flexibility index (Phi) is 6.51. The molecule has 0 aliphatic carbocycles. The Hall–Kier alpha value is -1.97. The van der Waals surface area contributed by atoms with Gasteiger partial charge < -0.3 is 14.1 Å². The van der Waals surface area contributed by atoms with Crippen LogP contribution in [0.2, 0.25) is 18.1 Å². The van der Waals surface area contributed by atoms with Crippen molar-refractivity contribution >= 4 is 26.0 Å². The number of anilines is 1. The topological polar surface area (TPSA) is 62.3 Å². The van der Waals surface area contributed by atoms with Crippen LogP contribution in [0.15, 0.2) is 24.3 Å². The second-order valence-corrected chi connectivity index (χ2v) is 14.7. The van der Waals surface area contributed by atoms with Crippen molar-refractivity contribution in [3.05, 3.63) is 30.1 Å². The molecule has 2 aliphatic heterocycles. The molecule has 0 aromatic heterocycles. The van der Waals surface area contributed by atoms with Crippen LogP contribution < -0.4 is 4.90 Å². The van der Waals surface area contributed by atoms with Crippen molar-refractivity contribution in [2.45, 2.75) is 70.7 Å². The van der Waals surface area contributed by atoms with Gasteiger partial charge in [-0.25, -0.2) is 9.18 Å². The highest BCUT2D eigenvalue weighted by atomic mass is 28.4. The zero-order valence-electron chi connectivity index (χ0n) is 19.5. The summed E-state index contributed by atoms with van der Waals surface area (Å²) in [6, 6.07) is 5.87. The van der Waals surface area contributed by atoms with Crippen molar-refractivity contribution in [1.29, 1.82) is 0 Å². The minimum atomic E-state index is -1.95. The first kappa shape index (κ1) is 23.7. The zero-order valence-corrected chi connectivity index (χ0v) is 20.5. The van der Waals surface area contributed by atoms with E-state index in [2.05, 4.69) is 38.8 Å². The number of carbonyl (C=O) groups is 2. The minimum absolute atomic E-state index is 0.0363. The van der Waals surface area contributed by atoms with Crippen LogP contribution >= 0.6 is 0 Å².